The Morgan fingerprint density at radius 3 is 3.13 bits per heavy atom. The number of hydrogen-bond donors (Lipinski definition) is 0. The van der Waals surface area contributed by atoms with E-state index in [-0.39, 0.29) is 0 Å². The predicted molar refractivity (Wildman–Crippen MR) is 65.4 cm³/mol. The van der Waals surface area contributed by atoms with Crippen molar-refractivity contribution in [3.8, 4) is 0 Å². The molecule has 0 amide bonds. The van der Waals surface area contributed by atoms with E-state index in [9.17, 15) is 0 Å². The summed E-state index contributed by atoms with van der Waals surface area (Å²) in [5.74, 6) is 1.63. The SMILES string of the molecule is ClCC1CCCCN1c1ncncc1Br. The lowest BCUT2D eigenvalue weighted by molar-refractivity contribution is 0.483. The van der Waals surface area contributed by atoms with Crippen LogP contribution in [-0.2, 0) is 0 Å². The Labute approximate surface area is 103 Å². The van der Waals surface area contributed by atoms with E-state index in [2.05, 4.69) is 30.8 Å². The van der Waals surface area contributed by atoms with Crippen molar-refractivity contribution < 1.29 is 0 Å². The van der Waals surface area contributed by atoms with Gasteiger partial charge in [-0.15, -0.1) is 11.6 Å². The monoisotopic (exact) mass is 289 g/mol. The van der Waals surface area contributed by atoms with Gasteiger partial charge >= 0.3 is 0 Å². The van der Waals surface area contributed by atoms with Crippen LogP contribution in [0.15, 0.2) is 17.0 Å². The second-order valence-corrected chi connectivity index (χ2v) is 4.85. The summed E-state index contributed by atoms with van der Waals surface area (Å²) in [6.45, 7) is 1.03. The summed E-state index contributed by atoms with van der Waals surface area (Å²) in [5, 5.41) is 0. The Bertz CT molecular complexity index is 334. The lowest BCUT2D eigenvalue weighted by Crippen LogP contribution is -2.41. The van der Waals surface area contributed by atoms with E-state index < -0.39 is 0 Å². The van der Waals surface area contributed by atoms with Crippen molar-refractivity contribution in [1.82, 2.24) is 9.97 Å². The van der Waals surface area contributed by atoms with Crippen LogP contribution in [0.2, 0.25) is 0 Å². The first kappa shape index (κ1) is 11.1. The number of piperidine rings is 1. The van der Waals surface area contributed by atoms with Crippen molar-refractivity contribution >= 4 is 33.3 Å². The van der Waals surface area contributed by atoms with Crippen LogP contribution in [0.1, 0.15) is 19.3 Å². The molecular formula is C10H13BrClN3. The molecule has 0 saturated carbocycles. The number of rotatable bonds is 2. The van der Waals surface area contributed by atoms with E-state index in [0.717, 1.165) is 23.3 Å². The molecule has 2 heterocycles. The first-order chi connectivity index (χ1) is 7.33. The molecule has 0 radical (unpaired) electrons. The largest absolute Gasteiger partial charge is 0.351 e. The molecule has 1 aromatic heterocycles. The van der Waals surface area contributed by atoms with Gasteiger partial charge in [-0.3, -0.25) is 0 Å². The third-order valence-corrected chi connectivity index (χ3v) is 3.64. The van der Waals surface area contributed by atoms with Gasteiger partial charge in [-0.05, 0) is 35.2 Å². The normalized spacial score (nSPS) is 21.7. The molecule has 3 nitrogen and oxygen atoms in total. The molecule has 1 aliphatic heterocycles. The highest BCUT2D eigenvalue weighted by Gasteiger charge is 2.24. The molecule has 1 aliphatic rings. The average molecular weight is 291 g/mol. The second-order valence-electron chi connectivity index (χ2n) is 3.69. The van der Waals surface area contributed by atoms with E-state index in [1.165, 1.54) is 12.8 Å². The molecule has 0 spiro atoms. The molecule has 0 aliphatic carbocycles. The Balaban J connectivity index is 2.24. The lowest BCUT2D eigenvalue weighted by Gasteiger charge is -2.35. The first-order valence-electron chi connectivity index (χ1n) is 5.11. The van der Waals surface area contributed by atoms with Gasteiger partial charge in [0, 0.05) is 24.7 Å². The zero-order valence-corrected chi connectivity index (χ0v) is 10.7. The van der Waals surface area contributed by atoms with Crippen LogP contribution in [0.4, 0.5) is 5.82 Å². The van der Waals surface area contributed by atoms with Gasteiger partial charge in [-0.2, -0.15) is 0 Å². The number of anilines is 1. The van der Waals surface area contributed by atoms with Gasteiger partial charge in [-0.1, -0.05) is 0 Å². The molecule has 1 aromatic rings. The van der Waals surface area contributed by atoms with Crippen LogP contribution in [0.25, 0.3) is 0 Å². The number of halogens is 2. The maximum atomic E-state index is 5.98. The third-order valence-electron chi connectivity index (χ3n) is 2.73. The first-order valence-corrected chi connectivity index (χ1v) is 6.44. The van der Waals surface area contributed by atoms with E-state index >= 15 is 0 Å². The van der Waals surface area contributed by atoms with Crippen molar-refractivity contribution in [2.24, 2.45) is 0 Å². The highest BCUT2D eigenvalue weighted by atomic mass is 79.9. The average Bonchev–Trinajstić information content (AvgIpc) is 2.30. The van der Waals surface area contributed by atoms with Crippen molar-refractivity contribution in [3.05, 3.63) is 17.0 Å². The van der Waals surface area contributed by atoms with E-state index in [4.69, 9.17) is 11.6 Å². The van der Waals surface area contributed by atoms with Gasteiger partial charge in [-0.25, -0.2) is 9.97 Å². The van der Waals surface area contributed by atoms with Gasteiger partial charge in [0.15, 0.2) is 0 Å². The van der Waals surface area contributed by atoms with Gasteiger partial charge < -0.3 is 4.90 Å². The molecule has 1 atom stereocenters. The minimum Gasteiger partial charge on any atom is -0.351 e. The number of aromatic nitrogens is 2. The van der Waals surface area contributed by atoms with Gasteiger partial charge in [0.2, 0.25) is 0 Å². The standard InChI is InChI=1S/C10H13BrClN3/c11-9-6-13-7-14-10(9)15-4-2-1-3-8(15)5-12/h6-8H,1-5H2. The summed E-state index contributed by atoms with van der Waals surface area (Å²) in [7, 11) is 0. The van der Waals surface area contributed by atoms with Gasteiger partial charge in [0.05, 0.1) is 4.47 Å². The Morgan fingerprint density at radius 2 is 2.40 bits per heavy atom. The second kappa shape index (κ2) is 5.12. The van der Waals surface area contributed by atoms with Crippen molar-refractivity contribution in [2.45, 2.75) is 25.3 Å². The highest BCUT2D eigenvalue weighted by molar-refractivity contribution is 9.10. The zero-order valence-electron chi connectivity index (χ0n) is 8.37. The molecule has 0 bridgehead atoms. The number of nitrogens with zero attached hydrogens (tertiary/aromatic N) is 3. The van der Waals surface area contributed by atoms with Crippen molar-refractivity contribution in [2.75, 3.05) is 17.3 Å². The quantitative estimate of drug-likeness (QED) is 0.784. The van der Waals surface area contributed by atoms with Crippen LogP contribution < -0.4 is 4.90 Å². The predicted octanol–water partition coefficient (Wildman–Crippen LogP) is 2.84. The molecule has 82 valence electrons. The smallest absolute Gasteiger partial charge is 0.146 e. The molecular weight excluding hydrogens is 277 g/mol. The molecule has 1 unspecified atom stereocenters. The Morgan fingerprint density at radius 1 is 1.53 bits per heavy atom. The number of alkyl halides is 1. The molecule has 0 N–H and O–H groups in total. The molecule has 0 aromatic carbocycles. The number of hydrogen-bond acceptors (Lipinski definition) is 3. The zero-order chi connectivity index (χ0) is 10.7. The maximum Gasteiger partial charge on any atom is 0.146 e. The van der Waals surface area contributed by atoms with Crippen LogP contribution in [0, 0.1) is 0 Å². The van der Waals surface area contributed by atoms with Gasteiger partial charge in [0.1, 0.15) is 12.1 Å². The molecule has 1 saturated heterocycles. The van der Waals surface area contributed by atoms with Crippen LogP contribution in [0.3, 0.4) is 0 Å². The fourth-order valence-corrected chi connectivity index (χ4v) is 2.73. The highest BCUT2D eigenvalue weighted by Crippen LogP contribution is 2.28. The third kappa shape index (κ3) is 2.42. The topological polar surface area (TPSA) is 29.0 Å². The summed E-state index contributed by atoms with van der Waals surface area (Å²) < 4.78 is 0.946. The van der Waals surface area contributed by atoms with Gasteiger partial charge in [0.25, 0.3) is 0 Å². The summed E-state index contributed by atoms with van der Waals surface area (Å²) >= 11 is 9.46. The molecule has 1 fully saturated rings. The summed E-state index contributed by atoms with van der Waals surface area (Å²) in [6, 6.07) is 0.409. The van der Waals surface area contributed by atoms with E-state index in [1.807, 2.05) is 0 Å². The van der Waals surface area contributed by atoms with Crippen LogP contribution in [-0.4, -0.2) is 28.4 Å². The fourth-order valence-electron chi connectivity index (χ4n) is 1.96. The summed E-state index contributed by atoms with van der Waals surface area (Å²) in [5.41, 5.74) is 0. The Kier molecular flexibility index (Phi) is 3.81. The van der Waals surface area contributed by atoms with Crippen LogP contribution in [0.5, 0.6) is 0 Å². The fraction of sp³-hybridized carbons (Fsp3) is 0.600. The summed E-state index contributed by atoms with van der Waals surface area (Å²) in [6.07, 6.45) is 6.99. The minimum absolute atomic E-state index is 0.409. The Hall–Kier alpha value is -0.350. The molecule has 15 heavy (non-hydrogen) atoms. The summed E-state index contributed by atoms with van der Waals surface area (Å²) in [4.78, 5) is 10.6. The minimum atomic E-state index is 0.409. The molecule has 5 heteroatoms. The van der Waals surface area contributed by atoms with Crippen molar-refractivity contribution in [1.29, 1.82) is 0 Å². The van der Waals surface area contributed by atoms with E-state index in [0.29, 0.717) is 11.9 Å². The van der Waals surface area contributed by atoms with Crippen molar-refractivity contribution in [3.63, 3.8) is 0 Å². The maximum absolute atomic E-state index is 5.98. The lowest BCUT2D eigenvalue weighted by atomic mass is 10.0. The van der Waals surface area contributed by atoms with Crippen LogP contribution >= 0.6 is 27.5 Å². The molecule has 2 rings (SSSR count). The van der Waals surface area contributed by atoms with E-state index in [1.54, 1.807) is 12.5 Å².